The van der Waals surface area contributed by atoms with E-state index in [1.165, 1.54) is 0 Å². The molecule has 1 N–H and O–H groups in total. The molecular weight excluding hydrogens is 212 g/mol. The van der Waals surface area contributed by atoms with Gasteiger partial charge in [-0.15, -0.1) is 0 Å². The fraction of sp³-hybridized carbons (Fsp3) is 0.909. The first-order valence-electron chi connectivity index (χ1n) is 5.62. The molecule has 0 aromatic heterocycles. The van der Waals surface area contributed by atoms with Gasteiger partial charge in [0.2, 0.25) is 0 Å². The van der Waals surface area contributed by atoms with Crippen molar-refractivity contribution >= 4 is 16.8 Å². The highest BCUT2D eigenvalue weighted by Gasteiger charge is 2.46. The fourth-order valence-corrected chi connectivity index (χ4v) is 3.92. The van der Waals surface area contributed by atoms with Crippen molar-refractivity contribution in [3.63, 3.8) is 0 Å². The smallest absolute Gasteiger partial charge is 0.303 e. The average molecular weight is 232 g/mol. The second-order valence-corrected chi connectivity index (χ2v) is 6.25. The Kier molecular flexibility index (Phi) is 4.32. The fourth-order valence-electron chi connectivity index (χ4n) is 1.95. The van der Waals surface area contributed by atoms with Crippen LogP contribution in [0.25, 0.3) is 0 Å². The maximum Gasteiger partial charge on any atom is 0.303 e. The Labute approximate surface area is 93.7 Å². The first-order valence-corrected chi connectivity index (χ1v) is 7.00. The van der Waals surface area contributed by atoms with E-state index in [0.717, 1.165) is 25.7 Å². The topological polar surface area (TPSA) is 54.4 Å². The number of rotatable bonds is 7. The molecule has 0 amide bonds. The molecule has 4 heteroatoms. The van der Waals surface area contributed by atoms with Crippen LogP contribution in [0, 0.1) is 5.41 Å². The Morgan fingerprint density at radius 2 is 1.93 bits per heavy atom. The van der Waals surface area contributed by atoms with Gasteiger partial charge in [-0.25, -0.2) is 0 Å². The molecule has 3 nitrogen and oxygen atoms in total. The lowest BCUT2D eigenvalue weighted by molar-refractivity contribution is -0.138. The minimum atomic E-state index is -0.845. The summed E-state index contributed by atoms with van der Waals surface area (Å²) in [5.74, 6) is -0.167. The van der Waals surface area contributed by atoms with Crippen molar-refractivity contribution in [2.24, 2.45) is 5.41 Å². The lowest BCUT2D eigenvalue weighted by atomic mass is 10.1. The highest BCUT2D eigenvalue weighted by Crippen LogP contribution is 2.49. The van der Waals surface area contributed by atoms with Crippen LogP contribution in [-0.2, 0) is 15.6 Å². The van der Waals surface area contributed by atoms with E-state index in [-0.39, 0.29) is 17.1 Å². The molecule has 0 aliphatic heterocycles. The summed E-state index contributed by atoms with van der Waals surface area (Å²) in [6.45, 7) is 4.09. The zero-order valence-electron chi connectivity index (χ0n) is 9.49. The summed E-state index contributed by atoms with van der Waals surface area (Å²) in [6, 6.07) is 0. The monoisotopic (exact) mass is 232 g/mol. The maximum atomic E-state index is 12.0. The summed E-state index contributed by atoms with van der Waals surface area (Å²) < 4.78 is 12.0. The number of hydrogen-bond donors (Lipinski definition) is 1. The van der Waals surface area contributed by atoms with Gasteiger partial charge in [-0.1, -0.05) is 13.8 Å². The molecular formula is C11H20O3S. The largest absolute Gasteiger partial charge is 0.481 e. The molecule has 1 aliphatic carbocycles. The van der Waals surface area contributed by atoms with Crippen molar-refractivity contribution in [1.29, 1.82) is 0 Å². The highest BCUT2D eigenvalue weighted by molar-refractivity contribution is 7.85. The third-order valence-electron chi connectivity index (χ3n) is 3.21. The summed E-state index contributed by atoms with van der Waals surface area (Å²) in [6.07, 6.45) is 3.91. The third-order valence-corrected chi connectivity index (χ3v) is 5.52. The number of carboxylic acid groups (broad SMARTS) is 1. The SMILES string of the molecule is CCC(CC)S(=O)CC1(CC(=O)O)CC1. The van der Waals surface area contributed by atoms with Crippen LogP contribution in [0.1, 0.15) is 46.0 Å². The molecule has 0 spiro atoms. The van der Waals surface area contributed by atoms with E-state index in [1.807, 2.05) is 13.8 Å². The third kappa shape index (κ3) is 3.59. The van der Waals surface area contributed by atoms with Crippen molar-refractivity contribution in [3.8, 4) is 0 Å². The first-order chi connectivity index (χ1) is 7.03. The molecule has 0 aromatic carbocycles. The Balaban J connectivity index is 2.47. The van der Waals surface area contributed by atoms with Crippen LogP contribution in [0.4, 0.5) is 0 Å². The van der Waals surface area contributed by atoms with Crippen LogP contribution < -0.4 is 0 Å². The Bertz CT molecular complexity index is 255. The lowest BCUT2D eigenvalue weighted by Crippen LogP contribution is -2.23. The standard InChI is InChI=1S/C11H20O3S/c1-3-9(4-2)15(14)8-11(5-6-11)7-10(12)13/h9H,3-8H2,1-2H3,(H,12,13). The van der Waals surface area contributed by atoms with E-state index in [0.29, 0.717) is 5.75 Å². The second kappa shape index (κ2) is 5.10. The molecule has 1 rings (SSSR count). The van der Waals surface area contributed by atoms with E-state index in [9.17, 15) is 9.00 Å². The predicted octanol–water partition coefficient (Wildman–Crippen LogP) is 2.18. The molecule has 0 bridgehead atoms. The average Bonchev–Trinajstić information content (AvgIpc) is 2.85. The molecule has 1 saturated carbocycles. The maximum absolute atomic E-state index is 12.0. The summed E-state index contributed by atoms with van der Waals surface area (Å²) in [4.78, 5) is 10.6. The van der Waals surface area contributed by atoms with Crippen LogP contribution in [0.2, 0.25) is 0 Å². The minimum absolute atomic E-state index is 0.126. The van der Waals surface area contributed by atoms with Crippen LogP contribution in [0.3, 0.4) is 0 Å². The van der Waals surface area contributed by atoms with Crippen LogP contribution in [0.15, 0.2) is 0 Å². The molecule has 1 aliphatic rings. The van der Waals surface area contributed by atoms with Gasteiger partial charge in [-0.2, -0.15) is 0 Å². The van der Waals surface area contributed by atoms with Gasteiger partial charge < -0.3 is 5.11 Å². The molecule has 88 valence electrons. The van der Waals surface area contributed by atoms with Crippen molar-refractivity contribution in [3.05, 3.63) is 0 Å². The summed E-state index contributed by atoms with van der Waals surface area (Å²) in [5, 5.41) is 9.00. The molecule has 0 saturated heterocycles. The Morgan fingerprint density at radius 3 is 2.27 bits per heavy atom. The molecule has 1 atom stereocenters. The lowest BCUT2D eigenvalue weighted by Gasteiger charge is -2.17. The van der Waals surface area contributed by atoms with Crippen molar-refractivity contribution in [2.45, 2.75) is 51.2 Å². The van der Waals surface area contributed by atoms with Gasteiger partial charge in [-0.3, -0.25) is 9.00 Å². The molecule has 15 heavy (non-hydrogen) atoms. The van der Waals surface area contributed by atoms with E-state index in [1.54, 1.807) is 0 Å². The first kappa shape index (κ1) is 12.7. The van der Waals surface area contributed by atoms with E-state index in [2.05, 4.69) is 0 Å². The van der Waals surface area contributed by atoms with Crippen LogP contribution >= 0.6 is 0 Å². The van der Waals surface area contributed by atoms with Gasteiger partial charge in [0.15, 0.2) is 0 Å². The summed E-state index contributed by atoms with van der Waals surface area (Å²) in [7, 11) is -0.845. The van der Waals surface area contributed by atoms with Gasteiger partial charge in [0.05, 0.1) is 6.42 Å². The van der Waals surface area contributed by atoms with E-state index in [4.69, 9.17) is 5.11 Å². The Hall–Kier alpha value is -0.380. The number of aliphatic carboxylic acids is 1. The minimum Gasteiger partial charge on any atom is -0.481 e. The highest BCUT2D eigenvalue weighted by atomic mass is 32.2. The quantitative estimate of drug-likeness (QED) is 0.732. The molecule has 1 unspecified atom stereocenters. The number of hydrogen-bond acceptors (Lipinski definition) is 2. The van der Waals surface area contributed by atoms with Crippen LogP contribution in [-0.4, -0.2) is 26.3 Å². The summed E-state index contributed by atoms with van der Waals surface area (Å²) in [5.41, 5.74) is -0.126. The van der Waals surface area contributed by atoms with Crippen molar-refractivity contribution in [2.75, 3.05) is 5.75 Å². The van der Waals surface area contributed by atoms with Crippen molar-refractivity contribution < 1.29 is 14.1 Å². The summed E-state index contributed by atoms with van der Waals surface area (Å²) >= 11 is 0. The normalized spacial score (nSPS) is 20.2. The van der Waals surface area contributed by atoms with E-state index >= 15 is 0 Å². The van der Waals surface area contributed by atoms with Gasteiger partial charge in [0.25, 0.3) is 0 Å². The number of carboxylic acids is 1. The van der Waals surface area contributed by atoms with Gasteiger partial charge >= 0.3 is 5.97 Å². The van der Waals surface area contributed by atoms with Crippen molar-refractivity contribution in [1.82, 2.24) is 0 Å². The zero-order chi connectivity index (χ0) is 11.5. The second-order valence-electron chi connectivity index (χ2n) is 4.53. The van der Waals surface area contributed by atoms with Crippen LogP contribution in [0.5, 0.6) is 0 Å². The van der Waals surface area contributed by atoms with Gasteiger partial charge in [0, 0.05) is 21.8 Å². The van der Waals surface area contributed by atoms with Gasteiger partial charge in [0.1, 0.15) is 0 Å². The molecule has 0 aromatic rings. The zero-order valence-corrected chi connectivity index (χ0v) is 10.3. The Morgan fingerprint density at radius 1 is 1.40 bits per heavy atom. The predicted molar refractivity (Wildman–Crippen MR) is 61.3 cm³/mol. The van der Waals surface area contributed by atoms with Gasteiger partial charge in [-0.05, 0) is 31.1 Å². The number of carbonyl (C=O) groups is 1. The molecule has 0 radical (unpaired) electrons. The molecule has 1 fully saturated rings. The molecule has 0 heterocycles. The van der Waals surface area contributed by atoms with E-state index < -0.39 is 16.8 Å².